The summed E-state index contributed by atoms with van der Waals surface area (Å²) in [6.45, 7) is 3.03. The molecule has 8 nitrogen and oxygen atoms in total. The Balaban J connectivity index is 1.18. The van der Waals surface area contributed by atoms with E-state index in [1.807, 2.05) is 9.80 Å². The van der Waals surface area contributed by atoms with Crippen molar-refractivity contribution in [2.75, 3.05) is 39.5 Å². The van der Waals surface area contributed by atoms with Gasteiger partial charge < -0.3 is 0 Å². The van der Waals surface area contributed by atoms with Crippen LogP contribution >= 0.6 is 0 Å². The van der Waals surface area contributed by atoms with Gasteiger partial charge in [-0.05, 0) is 24.3 Å². The number of carbonyl (C=O) groups is 4. The molecule has 4 amide bonds. The molecular weight excluding hydrogens is 384 g/mol. The molecule has 0 aliphatic carbocycles. The lowest BCUT2D eigenvalue weighted by Gasteiger charge is -2.37. The van der Waals surface area contributed by atoms with E-state index in [2.05, 4.69) is 0 Å². The highest BCUT2D eigenvalue weighted by Gasteiger charge is 2.38. The zero-order valence-corrected chi connectivity index (χ0v) is 16.3. The van der Waals surface area contributed by atoms with E-state index in [9.17, 15) is 19.2 Å². The van der Waals surface area contributed by atoms with Crippen LogP contribution < -0.4 is 0 Å². The summed E-state index contributed by atoms with van der Waals surface area (Å²) < 4.78 is 0. The van der Waals surface area contributed by atoms with Gasteiger partial charge in [-0.2, -0.15) is 0 Å². The molecule has 0 atom stereocenters. The number of hydrogen-bond acceptors (Lipinski definition) is 6. The second-order valence-corrected chi connectivity index (χ2v) is 7.69. The minimum absolute atomic E-state index is 0.243. The van der Waals surface area contributed by atoms with Crippen LogP contribution in [0.2, 0.25) is 0 Å². The van der Waals surface area contributed by atoms with Crippen molar-refractivity contribution in [1.29, 1.82) is 0 Å². The number of benzene rings is 2. The lowest BCUT2D eigenvalue weighted by Crippen LogP contribution is -2.53. The normalized spacial score (nSPS) is 19.6. The van der Waals surface area contributed by atoms with E-state index in [1.165, 1.54) is 9.80 Å². The van der Waals surface area contributed by atoms with Gasteiger partial charge in [-0.1, -0.05) is 24.3 Å². The first-order chi connectivity index (χ1) is 14.5. The molecule has 152 valence electrons. The van der Waals surface area contributed by atoms with Crippen LogP contribution in [-0.4, -0.2) is 82.7 Å². The van der Waals surface area contributed by atoms with Crippen LogP contribution in [0.5, 0.6) is 0 Å². The lowest BCUT2D eigenvalue weighted by molar-refractivity contribution is 0.0320. The zero-order chi connectivity index (χ0) is 20.8. The van der Waals surface area contributed by atoms with Crippen LogP contribution in [0.4, 0.5) is 0 Å². The minimum Gasteiger partial charge on any atom is -0.283 e. The van der Waals surface area contributed by atoms with Crippen molar-refractivity contribution < 1.29 is 19.2 Å². The molecular formula is C22H20N4O4. The monoisotopic (exact) mass is 404 g/mol. The Bertz CT molecular complexity index is 919. The molecule has 0 aromatic heterocycles. The SMILES string of the molecule is O=C1c2ccccc2C(=O)N1CN1CCN(CN2C(=O)c3ccccc3C2=O)CC1. The van der Waals surface area contributed by atoms with Crippen molar-refractivity contribution >= 4 is 23.6 Å². The first-order valence-corrected chi connectivity index (χ1v) is 9.90. The zero-order valence-electron chi connectivity index (χ0n) is 16.3. The van der Waals surface area contributed by atoms with Gasteiger partial charge in [-0.15, -0.1) is 0 Å². The Labute approximate surface area is 173 Å². The molecule has 8 heteroatoms. The van der Waals surface area contributed by atoms with E-state index in [-0.39, 0.29) is 37.0 Å². The number of amides is 4. The molecule has 0 bridgehead atoms. The number of nitrogens with zero attached hydrogens (tertiary/aromatic N) is 4. The Morgan fingerprint density at radius 1 is 0.500 bits per heavy atom. The van der Waals surface area contributed by atoms with Crippen LogP contribution in [0.15, 0.2) is 48.5 Å². The quantitative estimate of drug-likeness (QED) is 0.711. The third-order valence-electron chi connectivity index (χ3n) is 5.90. The molecule has 1 fully saturated rings. The van der Waals surface area contributed by atoms with E-state index in [4.69, 9.17) is 0 Å². The Morgan fingerprint density at radius 3 is 1.03 bits per heavy atom. The molecule has 2 aromatic rings. The van der Waals surface area contributed by atoms with Crippen LogP contribution in [0, 0.1) is 0 Å². The summed E-state index contributed by atoms with van der Waals surface area (Å²) in [6, 6.07) is 13.7. The molecule has 3 aliphatic rings. The molecule has 0 saturated carbocycles. The molecule has 3 heterocycles. The maximum atomic E-state index is 12.5. The summed E-state index contributed by atoms with van der Waals surface area (Å²) in [7, 11) is 0. The Kier molecular flexibility index (Phi) is 4.45. The Hall–Kier alpha value is -3.36. The molecule has 0 N–H and O–H groups in total. The van der Waals surface area contributed by atoms with Gasteiger partial charge in [0, 0.05) is 26.2 Å². The van der Waals surface area contributed by atoms with Crippen LogP contribution in [-0.2, 0) is 0 Å². The number of fused-ring (bicyclic) bond motifs is 2. The highest BCUT2D eigenvalue weighted by molar-refractivity contribution is 6.22. The van der Waals surface area contributed by atoms with Crippen molar-refractivity contribution in [2.45, 2.75) is 0 Å². The van der Waals surface area contributed by atoms with Crippen LogP contribution in [0.25, 0.3) is 0 Å². The standard InChI is InChI=1S/C22H20N4O4/c27-19-15-5-1-2-6-16(15)20(28)25(19)13-23-9-11-24(12-10-23)14-26-21(29)17-7-3-4-8-18(17)22(26)30/h1-8H,9-14H2. The maximum Gasteiger partial charge on any atom is 0.262 e. The van der Waals surface area contributed by atoms with Crippen molar-refractivity contribution in [2.24, 2.45) is 0 Å². The predicted octanol–water partition coefficient (Wildman–Crippen LogP) is 1.11. The lowest BCUT2D eigenvalue weighted by atomic mass is 10.1. The average molecular weight is 404 g/mol. The summed E-state index contributed by atoms with van der Waals surface area (Å²) in [4.78, 5) is 56.8. The first-order valence-electron chi connectivity index (χ1n) is 9.90. The van der Waals surface area contributed by atoms with Crippen LogP contribution in [0.1, 0.15) is 41.4 Å². The summed E-state index contributed by atoms with van der Waals surface area (Å²) >= 11 is 0. The summed E-state index contributed by atoms with van der Waals surface area (Å²) in [5, 5.41) is 0. The molecule has 3 aliphatic heterocycles. The van der Waals surface area contributed by atoms with Gasteiger partial charge in [0.2, 0.25) is 0 Å². The van der Waals surface area contributed by atoms with Gasteiger partial charge in [-0.25, -0.2) is 0 Å². The molecule has 2 aromatic carbocycles. The highest BCUT2D eigenvalue weighted by Crippen LogP contribution is 2.24. The smallest absolute Gasteiger partial charge is 0.262 e. The van der Waals surface area contributed by atoms with Crippen molar-refractivity contribution in [3.8, 4) is 0 Å². The topological polar surface area (TPSA) is 81.2 Å². The summed E-state index contributed by atoms with van der Waals surface area (Å²) in [5.74, 6) is -1.04. The van der Waals surface area contributed by atoms with E-state index in [1.54, 1.807) is 48.5 Å². The molecule has 1 saturated heterocycles. The fourth-order valence-electron chi connectivity index (χ4n) is 4.21. The third-order valence-corrected chi connectivity index (χ3v) is 5.90. The highest BCUT2D eigenvalue weighted by atomic mass is 16.2. The average Bonchev–Trinajstić information content (AvgIpc) is 3.16. The largest absolute Gasteiger partial charge is 0.283 e. The molecule has 0 radical (unpaired) electrons. The van der Waals surface area contributed by atoms with Gasteiger partial charge in [0.1, 0.15) is 0 Å². The minimum atomic E-state index is -0.260. The molecule has 30 heavy (non-hydrogen) atoms. The molecule has 0 spiro atoms. The number of carbonyl (C=O) groups excluding carboxylic acids is 4. The van der Waals surface area contributed by atoms with Gasteiger partial charge in [0.25, 0.3) is 23.6 Å². The van der Waals surface area contributed by atoms with Gasteiger partial charge in [-0.3, -0.25) is 38.8 Å². The summed E-state index contributed by atoms with van der Waals surface area (Å²) in [5.41, 5.74) is 1.80. The van der Waals surface area contributed by atoms with E-state index in [0.717, 1.165) is 0 Å². The van der Waals surface area contributed by atoms with Crippen molar-refractivity contribution in [3.63, 3.8) is 0 Å². The maximum absolute atomic E-state index is 12.5. The van der Waals surface area contributed by atoms with Crippen LogP contribution in [0.3, 0.4) is 0 Å². The first kappa shape index (κ1) is 18.7. The second-order valence-electron chi connectivity index (χ2n) is 7.69. The number of imide groups is 2. The Morgan fingerprint density at radius 2 is 0.767 bits per heavy atom. The fraction of sp³-hybridized carbons (Fsp3) is 0.273. The molecule has 0 unspecified atom stereocenters. The van der Waals surface area contributed by atoms with Gasteiger partial charge in [0.15, 0.2) is 0 Å². The van der Waals surface area contributed by atoms with Gasteiger partial charge in [0.05, 0.1) is 35.6 Å². The van der Waals surface area contributed by atoms with E-state index in [0.29, 0.717) is 48.4 Å². The van der Waals surface area contributed by atoms with Crippen molar-refractivity contribution in [1.82, 2.24) is 19.6 Å². The van der Waals surface area contributed by atoms with Gasteiger partial charge >= 0.3 is 0 Å². The third kappa shape index (κ3) is 2.92. The fourth-order valence-corrected chi connectivity index (χ4v) is 4.21. The number of rotatable bonds is 4. The van der Waals surface area contributed by atoms with Crippen molar-refractivity contribution in [3.05, 3.63) is 70.8 Å². The summed E-state index contributed by atoms with van der Waals surface area (Å²) in [6.07, 6.45) is 0. The van der Waals surface area contributed by atoms with E-state index < -0.39 is 0 Å². The predicted molar refractivity (Wildman–Crippen MR) is 107 cm³/mol. The van der Waals surface area contributed by atoms with E-state index >= 15 is 0 Å². The second kappa shape index (κ2) is 7.16. The number of hydrogen-bond donors (Lipinski definition) is 0. The number of piperazine rings is 1. The molecule has 5 rings (SSSR count).